The third kappa shape index (κ3) is 1.38. The summed E-state index contributed by atoms with van der Waals surface area (Å²) in [6.07, 6.45) is 2.21. The molecule has 1 aliphatic rings. The SMILES string of the molecule is C=C1NC(C)=Cc2cc3ccc4cccc5ccc(c21)c3c45. The van der Waals surface area contributed by atoms with E-state index in [1.165, 1.54) is 43.4 Å². The molecule has 1 heteroatoms. The van der Waals surface area contributed by atoms with Crippen molar-refractivity contribution in [3.63, 3.8) is 0 Å². The minimum Gasteiger partial charge on any atom is -0.359 e. The van der Waals surface area contributed by atoms with Gasteiger partial charge in [0.1, 0.15) is 0 Å². The van der Waals surface area contributed by atoms with Gasteiger partial charge in [-0.3, -0.25) is 0 Å². The monoisotopic (exact) mass is 281 g/mol. The maximum Gasteiger partial charge on any atom is 0.0394 e. The standard InChI is InChI=1S/C21H15N/c1-12-10-17-11-16-7-6-14-4-3-5-15-8-9-18(21(16)20(14)15)19(17)13(2)22-12/h3-11,22H,2H2,1H3. The summed E-state index contributed by atoms with van der Waals surface area (Å²) >= 11 is 0. The zero-order valence-electron chi connectivity index (χ0n) is 12.4. The van der Waals surface area contributed by atoms with E-state index in [4.69, 9.17) is 0 Å². The van der Waals surface area contributed by atoms with Crippen LogP contribution in [0.1, 0.15) is 18.1 Å². The average Bonchev–Trinajstić information content (AvgIpc) is 2.51. The van der Waals surface area contributed by atoms with E-state index in [1.807, 2.05) is 0 Å². The second-order valence-corrected chi connectivity index (χ2v) is 6.13. The Hall–Kier alpha value is -2.80. The number of hydrogen-bond donors (Lipinski definition) is 1. The number of benzene rings is 4. The van der Waals surface area contributed by atoms with Crippen LogP contribution in [0, 0.1) is 0 Å². The lowest BCUT2D eigenvalue weighted by Crippen LogP contribution is -2.14. The van der Waals surface area contributed by atoms with E-state index in [9.17, 15) is 0 Å². The highest BCUT2D eigenvalue weighted by Crippen LogP contribution is 2.40. The highest BCUT2D eigenvalue weighted by Gasteiger charge is 2.18. The molecular formula is C21H15N. The molecule has 4 aromatic rings. The van der Waals surface area contributed by atoms with Crippen molar-refractivity contribution in [2.45, 2.75) is 6.92 Å². The zero-order valence-corrected chi connectivity index (χ0v) is 12.4. The Morgan fingerprint density at radius 3 is 2.41 bits per heavy atom. The van der Waals surface area contributed by atoms with Gasteiger partial charge in [0.15, 0.2) is 0 Å². The smallest absolute Gasteiger partial charge is 0.0394 e. The molecule has 0 radical (unpaired) electrons. The predicted octanol–water partition coefficient (Wildman–Crippen LogP) is 5.52. The van der Waals surface area contributed by atoms with E-state index in [0.29, 0.717) is 0 Å². The molecule has 0 saturated carbocycles. The lowest BCUT2D eigenvalue weighted by molar-refractivity contribution is 1.09. The van der Waals surface area contributed by atoms with Crippen LogP contribution in [-0.4, -0.2) is 0 Å². The van der Waals surface area contributed by atoms with Gasteiger partial charge in [0.05, 0.1) is 0 Å². The molecule has 0 atom stereocenters. The summed E-state index contributed by atoms with van der Waals surface area (Å²) < 4.78 is 0. The molecule has 0 aromatic heterocycles. The van der Waals surface area contributed by atoms with E-state index >= 15 is 0 Å². The van der Waals surface area contributed by atoms with Crippen molar-refractivity contribution in [3.05, 3.63) is 71.9 Å². The third-order valence-electron chi connectivity index (χ3n) is 4.70. The van der Waals surface area contributed by atoms with Gasteiger partial charge in [-0.15, -0.1) is 0 Å². The summed E-state index contributed by atoms with van der Waals surface area (Å²) in [5.74, 6) is 0. The second kappa shape index (κ2) is 3.89. The lowest BCUT2D eigenvalue weighted by atomic mass is 9.87. The lowest BCUT2D eigenvalue weighted by Gasteiger charge is -2.23. The Labute approximate surface area is 128 Å². The van der Waals surface area contributed by atoms with Crippen LogP contribution in [-0.2, 0) is 0 Å². The van der Waals surface area contributed by atoms with Crippen molar-refractivity contribution in [2.24, 2.45) is 0 Å². The van der Waals surface area contributed by atoms with Gasteiger partial charge in [-0.25, -0.2) is 0 Å². The van der Waals surface area contributed by atoms with Crippen LogP contribution in [0.25, 0.3) is 44.1 Å². The topological polar surface area (TPSA) is 12.0 Å². The molecule has 1 N–H and O–H groups in total. The molecule has 0 bridgehead atoms. The number of allylic oxidation sites excluding steroid dienone is 1. The van der Waals surface area contributed by atoms with Gasteiger partial charge in [0.25, 0.3) is 0 Å². The highest BCUT2D eigenvalue weighted by atomic mass is 14.9. The number of hydrogen-bond acceptors (Lipinski definition) is 1. The minimum atomic E-state index is 0.993. The summed E-state index contributed by atoms with van der Waals surface area (Å²) in [4.78, 5) is 0. The Bertz CT molecular complexity index is 1100. The molecule has 4 aromatic carbocycles. The second-order valence-electron chi connectivity index (χ2n) is 6.13. The molecule has 1 nitrogen and oxygen atoms in total. The summed E-state index contributed by atoms with van der Waals surface area (Å²) in [5.41, 5.74) is 4.63. The van der Waals surface area contributed by atoms with Crippen molar-refractivity contribution < 1.29 is 0 Å². The summed E-state index contributed by atoms with van der Waals surface area (Å²) in [6.45, 7) is 6.32. The van der Waals surface area contributed by atoms with Crippen molar-refractivity contribution in [2.75, 3.05) is 0 Å². The molecule has 22 heavy (non-hydrogen) atoms. The van der Waals surface area contributed by atoms with Crippen LogP contribution in [0.5, 0.6) is 0 Å². The van der Waals surface area contributed by atoms with Gasteiger partial charge < -0.3 is 5.32 Å². The zero-order chi connectivity index (χ0) is 14.8. The van der Waals surface area contributed by atoms with Gasteiger partial charge in [-0.05, 0) is 56.9 Å². The van der Waals surface area contributed by atoms with E-state index in [2.05, 4.69) is 73.4 Å². The van der Waals surface area contributed by atoms with Crippen LogP contribution in [0.15, 0.2) is 60.8 Å². The Balaban J connectivity index is 2.10. The van der Waals surface area contributed by atoms with Crippen LogP contribution >= 0.6 is 0 Å². The van der Waals surface area contributed by atoms with Crippen molar-refractivity contribution in [1.29, 1.82) is 0 Å². The average molecular weight is 281 g/mol. The van der Waals surface area contributed by atoms with Gasteiger partial charge in [0.2, 0.25) is 0 Å². The summed E-state index contributed by atoms with van der Waals surface area (Å²) in [7, 11) is 0. The molecule has 1 aliphatic heterocycles. The third-order valence-corrected chi connectivity index (χ3v) is 4.70. The van der Waals surface area contributed by atoms with Gasteiger partial charge in [0, 0.05) is 17.0 Å². The molecule has 0 saturated heterocycles. The summed E-state index contributed by atoms with van der Waals surface area (Å²) in [5, 5.41) is 11.3. The molecule has 0 aliphatic carbocycles. The van der Waals surface area contributed by atoms with Gasteiger partial charge in [-0.1, -0.05) is 49.0 Å². The quantitative estimate of drug-likeness (QED) is 0.418. The Morgan fingerprint density at radius 2 is 1.59 bits per heavy atom. The molecule has 0 fully saturated rings. The van der Waals surface area contributed by atoms with E-state index in [0.717, 1.165) is 11.4 Å². The first-order chi connectivity index (χ1) is 10.7. The fraction of sp³-hybridized carbons (Fsp3) is 0.0476. The fourth-order valence-electron chi connectivity index (χ4n) is 3.85. The van der Waals surface area contributed by atoms with Crippen molar-refractivity contribution >= 4 is 44.1 Å². The Morgan fingerprint density at radius 1 is 0.864 bits per heavy atom. The molecule has 5 rings (SSSR count). The van der Waals surface area contributed by atoms with Crippen molar-refractivity contribution in [1.82, 2.24) is 5.32 Å². The Kier molecular flexibility index (Phi) is 2.09. The maximum atomic E-state index is 4.24. The van der Waals surface area contributed by atoms with Crippen molar-refractivity contribution in [3.8, 4) is 0 Å². The van der Waals surface area contributed by atoms with E-state index in [1.54, 1.807) is 0 Å². The van der Waals surface area contributed by atoms with Gasteiger partial charge in [-0.2, -0.15) is 0 Å². The normalized spacial score (nSPS) is 14.4. The van der Waals surface area contributed by atoms with Crippen LogP contribution in [0.2, 0.25) is 0 Å². The van der Waals surface area contributed by atoms with Crippen LogP contribution in [0.3, 0.4) is 0 Å². The molecule has 0 spiro atoms. The van der Waals surface area contributed by atoms with E-state index < -0.39 is 0 Å². The first-order valence-electron chi connectivity index (χ1n) is 7.57. The van der Waals surface area contributed by atoms with Crippen LogP contribution < -0.4 is 5.32 Å². The number of fused-ring (bicyclic) bond motifs is 2. The summed E-state index contributed by atoms with van der Waals surface area (Å²) in [6, 6.07) is 17.7. The molecule has 0 amide bonds. The molecule has 1 heterocycles. The minimum absolute atomic E-state index is 0.993. The van der Waals surface area contributed by atoms with Gasteiger partial charge >= 0.3 is 0 Å². The highest BCUT2D eigenvalue weighted by molar-refractivity contribution is 6.25. The fourth-order valence-corrected chi connectivity index (χ4v) is 3.85. The number of nitrogens with one attached hydrogen (secondary N) is 1. The molecule has 0 unspecified atom stereocenters. The molecular weight excluding hydrogens is 266 g/mol. The largest absolute Gasteiger partial charge is 0.359 e. The van der Waals surface area contributed by atoms with E-state index in [-0.39, 0.29) is 0 Å². The number of rotatable bonds is 0. The first kappa shape index (κ1) is 11.8. The first-order valence-corrected chi connectivity index (χ1v) is 7.57. The molecule has 104 valence electrons. The van der Waals surface area contributed by atoms with Crippen LogP contribution in [0.4, 0.5) is 0 Å². The maximum absolute atomic E-state index is 4.24. The predicted molar refractivity (Wildman–Crippen MR) is 96.0 cm³/mol.